The molecular formula is C22H26N6O2. The molecule has 1 aliphatic heterocycles. The number of aryl methyl sites for hydroxylation is 1. The summed E-state index contributed by atoms with van der Waals surface area (Å²) >= 11 is 0. The van der Waals surface area contributed by atoms with Crippen molar-refractivity contribution in [3.8, 4) is 0 Å². The Morgan fingerprint density at radius 3 is 2.40 bits per heavy atom. The van der Waals surface area contributed by atoms with Crippen LogP contribution in [0.1, 0.15) is 48.8 Å². The van der Waals surface area contributed by atoms with Gasteiger partial charge in [0.25, 0.3) is 5.91 Å². The average Bonchev–Trinajstić information content (AvgIpc) is 3.38. The number of nitrogens with one attached hydrogen (secondary N) is 2. The summed E-state index contributed by atoms with van der Waals surface area (Å²) in [5, 5.41) is 11.0. The van der Waals surface area contributed by atoms with E-state index in [1.165, 1.54) is 0 Å². The molecule has 1 aliphatic rings. The number of para-hydroxylation sites is 2. The lowest BCUT2D eigenvalue weighted by Gasteiger charge is -2.18. The zero-order valence-corrected chi connectivity index (χ0v) is 17.5. The Hall–Kier alpha value is -3.42. The van der Waals surface area contributed by atoms with Gasteiger partial charge in [-0.3, -0.25) is 4.79 Å². The number of carbonyl (C=O) groups excluding carboxylic acids is 2. The Morgan fingerprint density at radius 1 is 1.07 bits per heavy atom. The van der Waals surface area contributed by atoms with E-state index in [9.17, 15) is 9.59 Å². The van der Waals surface area contributed by atoms with Crippen molar-refractivity contribution in [2.45, 2.75) is 39.7 Å². The van der Waals surface area contributed by atoms with Crippen LogP contribution in [0.15, 0.2) is 36.5 Å². The molecule has 0 unspecified atom stereocenters. The Morgan fingerprint density at radius 2 is 1.73 bits per heavy atom. The summed E-state index contributed by atoms with van der Waals surface area (Å²) < 4.78 is 1.84. The molecular weight excluding hydrogens is 380 g/mol. The van der Waals surface area contributed by atoms with Gasteiger partial charge in [0.05, 0.1) is 28.8 Å². The van der Waals surface area contributed by atoms with E-state index in [2.05, 4.69) is 20.7 Å². The first-order chi connectivity index (χ1) is 14.4. The molecule has 3 heterocycles. The molecule has 2 N–H and O–H groups in total. The Labute approximate surface area is 175 Å². The van der Waals surface area contributed by atoms with Gasteiger partial charge in [0.1, 0.15) is 0 Å². The maximum Gasteiger partial charge on any atom is 0.321 e. The first-order valence-corrected chi connectivity index (χ1v) is 10.2. The number of aromatic nitrogens is 3. The van der Waals surface area contributed by atoms with Gasteiger partial charge in [-0.15, -0.1) is 0 Å². The summed E-state index contributed by atoms with van der Waals surface area (Å²) in [6.07, 6.45) is 3.77. The number of rotatable bonds is 4. The summed E-state index contributed by atoms with van der Waals surface area (Å²) in [5.41, 5.74) is 2.99. The van der Waals surface area contributed by atoms with Crippen LogP contribution in [-0.4, -0.2) is 44.7 Å². The van der Waals surface area contributed by atoms with Gasteiger partial charge >= 0.3 is 6.03 Å². The molecule has 0 radical (unpaired) electrons. The Kier molecular flexibility index (Phi) is 5.39. The van der Waals surface area contributed by atoms with Gasteiger partial charge in [0.15, 0.2) is 5.65 Å². The molecule has 8 nitrogen and oxygen atoms in total. The van der Waals surface area contributed by atoms with E-state index in [0.717, 1.165) is 37.0 Å². The third kappa shape index (κ3) is 3.85. The molecule has 3 aromatic rings. The normalized spacial score (nSPS) is 13.8. The molecule has 3 amide bonds. The maximum atomic E-state index is 13.0. The molecule has 0 saturated carbocycles. The second-order valence-corrected chi connectivity index (χ2v) is 7.84. The van der Waals surface area contributed by atoms with E-state index in [0.29, 0.717) is 22.6 Å². The third-order valence-electron chi connectivity index (χ3n) is 5.30. The van der Waals surface area contributed by atoms with Crippen molar-refractivity contribution in [3.63, 3.8) is 0 Å². The van der Waals surface area contributed by atoms with Gasteiger partial charge in [-0.2, -0.15) is 5.10 Å². The van der Waals surface area contributed by atoms with Gasteiger partial charge < -0.3 is 15.5 Å². The first-order valence-electron chi connectivity index (χ1n) is 10.2. The molecule has 1 saturated heterocycles. The molecule has 1 aromatic carbocycles. The fraction of sp³-hybridized carbons (Fsp3) is 0.364. The number of likely N-dealkylation sites (tertiary alicyclic amines) is 1. The van der Waals surface area contributed by atoms with Crippen molar-refractivity contribution in [3.05, 3.63) is 47.8 Å². The number of pyridine rings is 1. The highest BCUT2D eigenvalue weighted by Gasteiger charge is 2.20. The van der Waals surface area contributed by atoms with Crippen molar-refractivity contribution in [2.75, 3.05) is 23.7 Å². The SMILES string of the molecule is Cc1nc2c(cnn2C(C)C)cc1C(=O)Nc1ccccc1NC(=O)N1CCCC1. The van der Waals surface area contributed by atoms with Gasteiger partial charge in [-0.05, 0) is 51.8 Å². The predicted molar refractivity (Wildman–Crippen MR) is 117 cm³/mol. The summed E-state index contributed by atoms with van der Waals surface area (Å²) in [6, 6.07) is 9.05. The fourth-order valence-corrected chi connectivity index (χ4v) is 3.68. The lowest BCUT2D eigenvalue weighted by Crippen LogP contribution is -2.32. The van der Waals surface area contributed by atoms with Crippen molar-refractivity contribution in [1.82, 2.24) is 19.7 Å². The van der Waals surface area contributed by atoms with Crippen LogP contribution in [0.5, 0.6) is 0 Å². The minimum Gasteiger partial charge on any atom is -0.325 e. The molecule has 30 heavy (non-hydrogen) atoms. The lowest BCUT2D eigenvalue weighted by molar-refractivity contribution is 0.102. The number of hydrogen-bond donors (Lipinski definition) is 2. The van der Waals surface area contributed by atoms with Crippen molar-refractivity contribution in [1.29, 1.82) is 0 Å². The largest absolute Gasteiger partial charge is 0.325 e. The fourth-order valence-electron chi connectivity index (χ4n) is 3.68. The van der Waals surface area contributed by atoms with Gasteiger partial charge in [0.2, 0.25) is 0 Å². The maximum absolute atomic E-state index is 13.0. The predicted octanol–water partition coefficient (Wildman–Crippen LogP) is 4.20. The number of carbonyl (C=O) groups is 2. The van der Waals surface area contributed by atoms with Crippen molar-refractivity contribution < 1.29 is 9.59 Å². The Bertz CT molecular complexity index is 1100. The first kappa shape index (κ1) is 19.9. The van der Waals surface area contributed by atoms with Crippen LogP contribution >= 0.6 is 0 Å². The topological polar surface area (TPSA) is 92.1 Å². The second-order valence-electron chi connectivity index (χ2n) is 7.84. The highest BCUT2D eigenvalue weighted by molar-refractivity contribution is 6.09. The van der Waals surface area contributed by atoms with Gasteiger partial charge in [0, 0.05) is 24.5 Å². The minimum absolute atomic E-state index is 0.144. The van der Waals surface area contributed by atoms with E-state index in [1.807, 2.05) is 43.7 Å². The van der Waals surface area contributed by atoms with Crippen molar-refractivity contribution in [2.24, 2.45) is 0 Å². The minimum atomic E-state index is -0.276. The second kappa shape index (κ2) is 8.14. The van der Waals surface area contributed by atoms with Gasteiger partial charge in [-0.25, -0.2) is 14.5 Å². The van der Waals surface area contributed by atoms with Crippen LogP contribution in [0.3, 0.4) is 0 Å². The number of hydrogen-bond acceptors (Lipinski definition) is 4. The van der Waals surface area contributed by atoms with Crippen LogP contribution in [0, 0.1) is 6.92 Å². The third-order valence-corrected chi connectivity index (χ3v) is 5.30. The number of nitrogens with zero attached hydrogens (tertiary/aromatic N) is 4. The van der Waals surface area contributed by atoms with E-state index in [-0.39, 0.29) is 18.0 Å². The number of anilines is 2. The lowest BCUT2D eigenvalue weighted by atomic mass is 10.1. The summed E-state index contributed by atoms with van der Waals surface area (Å²) in [5.74, 6) is -0.276. The highest BCUT2D eigenvalue weighted by Crippen LogP contribution is 2.25. The zero-order chi connectivity index (χ0) is 21.3. The van der Waals surface area contributed by atoms with Gasteiger partial charge in [-0.1, -0.05) is 12.1 Å². The van der Waals surface area contributed by atoms with Crippen LogP contribution < -0.4 is 10.6 Å². The molecule has 1 fully saturated rings. The molecule has 0 aliphatic carbocycles. The summed E-state index contributed by atoms with van der Waals surface area (Å²) in [7, 11) is 0. The summed E-state index contributed by atoms with van der Waals surface area (Å²) in [6.45, 7) is 7.41. The van der Waals surface area contributed by atoms with Crippen molar-refractivity contribution >= 4 is 34.3 Å². The summed E-state index contributed by atoms with van der Waals surface area (Å²) in [4.78, 5) is 31.9. The van der Waals surface area contributed by atoms with E-state index < -0.39 is 0 Å². The highest BCUT2D eigenvalue weighted by atomic mass is 16.2. The van der Waals surface area contributed by atoms with Crippen LogP contribution in [0.2, 0.25) is 0 Å². The molecule has 0 bridgehead atoms. The smallest absolute Gasteiger partial charge is 0.321 e. The average molecular weight is 406 g/mol. The van der Waals surface area contributed by atoms with E-state index in [1.54, 1.807) is 23.2 Å². The Balaban J connectivity index is 1.57. The van der Waals surface area contributed by atoms with Crippen LogP contribution in [0.25, 0.3) is 11.0 Å². The molecule has 0 atom stereocenters. The quantitative estimate of drug-likeness (QED) is 0.679. The van der Waals surface area contributed by atoms with E-state index in [4.69, 9.17) is 0 Å². The number of fused-ring (bicyclic) bond motifs is 1. The molecule has 156 valence electrons. The van der Waals surface area contributed by atoms with Crippen LogP contribution in [0.4, 0.5) is 16.2 Å². The van der Waals surface area contributed by atoms with Crippen LogP contribution in [-0.2, 0) is 0 Å². The zero-order valence-electron chi connectivity index (χ0n) is 17.5. The standard InChI is InChI=1S/C22H26N6O2/c1-14(2)28-20-16(13-23-28)12-17(15(3)24-20)21(29)25-18-8-4-5-9-19(18)26-22(30)27-10-6-7-11-27/h4-5,8-9,12-14H,6-7,10-11H2,1-3H3,(H,25,29)(H,26,30). The number of urea groups is 1. The number of amides is 3. The molecule has 8 heteroatoms. The number of benzene rings is 1. The monoisotopic (exact) mass is 406 g/mol. The molecule has 2 aromatic heterocycles. The molecule has 4 rings (SSSR count). The van der Waals surface area contributed by atoms with E-state index >= 15 is 0 Å². The molecule has 0 spiro atoms.